The Hall–Kier alpha value is -2.04. The van der Waals surface area contributed by atoms with Crippen LogP contribution in [-0.4, -0.2) is 18.0 Å². The molecule has 0 spiro atoms. The summed E-state index contributed by atoms with van der Waals surface area (Å²) >= 11 is 12.0. The maximum atomic E-state index is 12.5. The van der Waals surface area contributed by atoms with Crippen LogP contribution in [0.2, 0.25) is 10.0 Å². The zero-order valence-corrected chi connectivity index (χ0v) is 16.4. The maximum Gasteiger partial charge on any atom is 0.341 e. The van der Waals surface area contributed by atoms with E-state index >= 15 is 0 Å². The lowest BCUT2D eigenvalue weighted by Gasteiger charge is -2.18. The van der Waals surface area contributed by atoms with Gasteiger partial charge in [0.2, 0.25) is 0 Å². The Morgan fingerprint density at radius 1 is 1.04 bits per heavy atom. The minimum absolute atomic E-state index is 0.0514. The molecule has 0 heterocycles. The van der Waals surface area contributed by atoms with E-state index in [9.17, 15) is 9.59 Å². The number of para-hydroxylation sites is 1. The summed E-state index contributed by atoms with van der Waals surface area (Å²) < 4.78 is 5.24. The summed E-state index contributed by atoms with van der Waals surface area (Å²) in [7, 11) is 0. The molecule has 1 N–H and O–H groups in total. The number of nitrogens with one attached hydrogen (secondary N) is 1. The molecule has 2 rings (SSSR count). The first-order valence-corrected chi connectivity index (χ1v) is 9.15. The number of benzene rings is 2. The van der Waals surface area contributed by atoms with Gasteiger partial charge in [-0.1, -0.05) is 61.3 Å². The molecule has 0 aliphatic heterocycles. The smallest absolute Gasteiger partial charge is 0.341 e. The summed E-state index contributed by atoms with van der Waals surface area (Å²) in [6, 6.07) is 12.3. The predicted molar refractivity (Wildman–Crippen MR) is 105 cm³/mol. The van der Waals surface area contributed by atoms with Gasteiger partial charge in [-0.3, -0.25) is 4.79 Å². The van der Waals surface area contributed by atoms with Crippen LogP contribution < -0.4 is 5.32 Å². The topological polar surface area (TPSA) is 55.4 Å². The zero-order valence-electron chi connectivity index (χ0n) is 14.9. The molecule has 0 saturated carbocycles. The number of esters is 1. The van der Waals surface area contributed by atoms with E-state index in [2.05, 4.69) is 19.2 Å². The van der Waals surface area contributed by atoms with Crippen LogP contribution in [0.25, 0.3) is 0 Å². The molecule has 0 fully saturated rings. The number of halogens is 2. The monoisotopic (exact) mass is 393 g/mol. The van der Waals surface area contributed by atoms with Gasteiger partial charge in [0.1, 0.15) is 0 Å². The number of carbonyl (C=O) groups is 2. The Labute approximate surface area is 163 Å². The highest BCUT2D eigenvalue weighted by Gasteiger charge is 2.23. The fraction of sp³-hybridized carbons (Fsp3) is 0.300. The molecule has 26 heavy (non-hydrogen) atoms. The van der Waals surface area contributed by atoms with Crippen molar-refractivity contribution in [2.24, 2.45) is 0 Å². The molecule has 0 aliphatic carbocycles. The molecular weight excluding hydrogens is 373 g/mol. The number of carbonyl (C=O) groups excluding carboxylic acids is 2. The summed E-state index contributed by atoms with van der Waals surface area (Å²) in [5.74, 6) is -0.859. The number of ether oxygens (including phenoxy) is 1. The molecule has 0 radical (unpaired) electrons. The van der Waals surface area contributed by atoms with Crippen molar-refractivity contribution in [2.45, 2.75) is 39.2 Å². The second-order valence-corrected chi connectivity index (χ2v) is 6.84. The van der Waals surface area contributed by atoms with E-state index in [1.54, 1.807) is 6.07 Å². The van der Waals surface area contributed by atoms with Gasteiger partial charge < -0.3 is 10.1 Å². The van der Waals surface area contributed by atoms with Crippen molar-refractivity contribution < 1.29 is 14.3 Å². The molecule has 0 bridgehead atoms. The summed E-state index contributed by atoms with van der Waals surface area (Å²) in [6.07, 6.45) is -0.0533. The molecular formula is C20H21Cl2NO3. The molecule has 4 nitrogen and oxygen atoms in total. The van der Waals surface area contributed by atoms with E-state index in [1.165, 1.54) is 19.1 Å². The lowest BCUT2D eigenvalue weighted by atomic mass is 9.97. The number of hydrogen-bond acceptors (Lipinski definition) is 3. The van der Waals surface area contributed by atoms with Crippen LogP contribution >= 0.6 is 23.2 Å². The van der Waals surface area contributed by atoms with Gasteiger partial charge in [-0.15, -0.1) is 0 Å². The van der Waals surface area contributed by atoms with Gasteiger partial charge in [0.25, 0.3) is 5.91 Å². The standard InChI is InChI=1S/C20H21Cl2NO3/c1-4-12(2)14-8-5-6-11-17(14)23-19(24)13(3)26-20(25)18-15(21)9-7-10-16(18)22/h5-13H,4H2,1-3H3,(H,23,24)/t12-,13+/m0/s1. The molecule has 1 amide bonds. The number of anilines is 1. The van der Waals surface area contributed by atoms with E-state index in [-0.39, 0.29) is 15.6 Å². The van der Waals surface area contributed by atoms with Crippen LogP contribution in [0.15, 0.2) is 42.5 Å². The third-order valence-electron chi connectivity index (χ3n) is 4.18. The van der Waals surface area contributed by atoms with Crippen LogP contribution in [0.4, 0.5) is 5.69 Å². The van der Waals surface area contributed by atoms with E-state index in [1.807, 2.05) is 24.3 Å². The van der Waals surface area contributed by atoms with Gasteiger partial charge in [0.05, 0.1) is 15.6 Å². The minimum atomic E-state index is -1.00. The average Bonchev–Trinajstić information content (AvgIpc) is 2.61. The van der Waals surface area contributed by atoms with E-state index < -0.39 is 18.0 Å². The largest absolute Gasteiger partial charge is 0.449 e. The average molecular weight is 394 g/mol. The van der Waals surface area contributed by atoms with Crippen molar-refractivity contribution in [2.75, 3.05) is 5.32 Å². The third kappa shape index (κ3) is 4.77. The summed E-state index contributed by atoms with van der Waals surface area (Å²) in [4.78, 5) is 24.8. The highest BCUT2D eigenvalue weighted by Crippen LogP contribution is 2.27. The first-order valence-electron chi connectivity index (χ1n) is 8.39. The van der Waals surface area contributed by atoms with Crippen molar-refractivity contribution in [3.05, 3.63) is 63.6 Å². The molecule has 0 unspecified atom stereocenters. The zero-order chi connectivity index (χ0) is 19.3. The van der Waals surface area contributed by atoms with Gasteiger partial charge in [-0.05, 0) is 43.0 Å². The highest BCUT2D eigenvalue weighted by atomic mass is 35.5. The Morgan fingerprint density at radius 2 is 1.65 bits per heavy atom. The lowest BCUT2D eigenvalue weighted by Crippen LogP contribution is -2.30. The molecule has 6 heteroatoms. The predicted octanol–water partition coefficient (Wildman–Crippen LogP) is 5.69. The van der Waals surface area contributed by atoms with Crippen molar-refractivity contribution in [1.82, 2.24) is 0 Å². The number of hydrogen-bond donors (Lipinski definition) is 1. The fourth-order valence-electron chi connectivity index (χ4n) is 2.46. The first kappa shape index (κ1) is 20.3. The summed E-state index contributed by atoms with van der Waals surface area (Å²) in [6.45, 7) is 5.68. The molecule has 138 valence electrons. The second-order valence-electron chi connectivity index (χ2n) is 6.03. The number of amides is 1. The normalized spacial score (nSPS) is 13.0. The Morgan fingerprint density at radius 3 is 2.27 bits per heavy atom. The van der Waals surface area contributed by atoms with Crippen LogP contribution in [0.1, 0.15) is 49.0 Å². The van der Waals surface area contributed by atoms with Crippen molar-refractivity contribution >= 4 is 40.8 Å². The summed E-state index contributed by atoms with van der Waals surface area (Å²) in [5.41, 5.74) is 1.80. The van der Waals surface area contributed by atoms with Gasteiger partial charge in [0.15, 0.2) is 6.10 Å². The Bertz CT molecular complexity index is 787. The Balaban J connectivity index is 2.10. The maximum absolute atomic E-state index is 12.5. The van der Waals surface area contributed by atoms with Crippen LogP contribution in [0.5, 0.6) is 0 Å². The Kier molecular flexibility index (Phi) is 7.06. The number of rotatable bonds is 6. The van der Waals surface area contributed by atoms with Crippen LogP contribution in [-0.2, 0) is 9.53 Å². The second kappa shape index (κ2) is 9.06. The minimum Gasteiger partial charge on any atom is -0.449 e. The first-order chi connectivity index (χ1) is 12.3. The highest BCUT2D eigenvalue weighted by molar-refractivity contribution is 6.39. The molecule has 2 aromatic rings. The van der Waals surface area contributed by atoms with E-state index in [0.29, 0.717) is 11.6 Å². The molecule has 0 saturated heterocycles. The molecule has 2 aromatic carbocycles. The quantitative estimate of drug-likeness (QED) is 0.641. The lowest BCUT2D eigenvalue weighted by molar-refractivity contribution is -0.123. The molecule has 0 aliphatic rings. The van der Waals surface area contributed by atoms with Gasteiger partial charge >= 0.3 is 5.97 Å². The van der Waals surface area contributed by atoms with E-state index in [4.69, 9.17) is 27.9 Å². The van der Waals surface area contributed by atoms with Crippen molar-refractivity contribution in [3.8, 4) is 0 Å². The van der Waals surface area contributed by atoms with Gasteiger partial charge in [0, 0.05) is 5.69 Å². The SMILES string of the molecule is CC[C@H](C)c1ccccc1NC(=O)[C@@H](C)OC(=O)c1c(Cl)cccc1Cl. The fourth-order valence-corrected chi connectivity index (χ4v) is 3.01. The molecule has 2 atom stereocenters. The third-order valence-corrected chi connectivity index (χ3v) is 4.81. The van der Waals surface area contributed by atoms with Gasteiger partial charge in [-0.25, -0.2) is 4.79 Å². The van der Waals surface area contributed by atoms with Crippen LogP contribution in [0, 0.1) is 0 Å². The van der Waals surface area contributed by atoms with E-state index in [0.717, 1.165) is 12.0 Å². The van der Waals surface area contributed by atoms with Crippen molar-refractivity contribution in [3.63, 3.8) is 0 Å². The summed E-state index contributed by atoms with van der Waals surface area (Å²) in [5, 5.41) is 3.19. The van der Waals surface area contributed by atoms with Crippen LogP contribution in [0.3, 0.4) is 0 Å². The van der Waals surface area contributed by atoms with Gasteiger partial charge in [-0.2, -0.15) is 0 Å². The van der Waals surface area contributed by atoms with Crippen molar-refractivity contribution in [1.29, 1.82) is 0 Å². The molecule has 0 aromatic heterocycles.